The molecule has 0 saturated carbocycles. The molecule has 0 amide bonds. The van der Waals surface area contributed by atoms with Crippen LogP contribution in [0.2, 0.25) is 0 Å². The average molecular weight is 202 g/mol. The summed E-state index contributed by atoms with van der Waals surface area (Å²) >= 11 is 0. The summed E-state index contributed by atoms with van der Waals surface area (Å²) < 4.78 is 0. The fraction of sp³-hybridized carbons (Fsp3) is 0.250. The molecule has 78 valence electrons. The van der Waals surface area contributed by atoms with Gasteiger partial charge < -0.3 is 9.88 Å². The van der Waals surface area contributed by atoms with E-state index in [4.69, 9.17) is 0 Å². The summed E-state index contributed by atoms with van der Waals surface area (Å²) in [6.07, 6.45) is 1.88. The van der Waals surface area contributed by atoms with E-state index in [0.717, 1.165) is 16.5 Å². The summed E-state index contributed by atoms with van der Waals surface area (Å²) in [4.78, 5) is 16.8. The maximum Gasteiger partial charge on any atom is 0.176 e. The molecule has 3 heteroatoms. The van der Waals surface area contributed by atoms with Gasteiger partial charge in [-0.1, -0.05) is 0 Å². The van der Waals surface area contributed by atoms with E-state index in [2.05, 4.69) is 4.98 Å². The molecule has 0 atom stereocenters. The van der Waals surface area contributed by atoms with Gasteiger partial charge >= 0.3 is 0 Å². The van der Waals surface area contributed by atoms with Crippen molar-refractivity contribution in [3.63, 3.8) is 0 Å². The smallest absolute Gasteiger partial charge is 0.176 e. The molecular formula is C12H14N2O. The van der Waals surface area contributed by atoms with Crippen molar-refractivity contribution in [1.29, 1.82) is 0 Å². The molecule has 1 aromatic heterocycles. The van der Waals surface area contributed by atoms with Crippen molar-refractivity contribution >= 4 is 16.7 Å². The summed E-state index contributed by atoms with van der Waals surface area (Å²) in [5.41, 5.74) is 1.84. The first kappa shape index (κ1) is 9.93. The normalized spacial score (nSPS) is 11.1. The molecule has 15 heavy (non-hydrogen) atoms. The Morgan fingerprint density at radius 1 is 1.33 bits per heavy atom. The number of nitrogens with one attached hydrogen (secondary N) is 1. The fourth-order valence-corrected chi connectivity index (χ4v) is 1.61. The number of H-pyrrole nitrogens is 1. The summed E-state index contributed by atoms with van der Waals surface area (Å²) in [6.45, 7) is 0.454. The van der Waals surface area contributed by atoms with Crippen LogP contribution in [-0.2, 0) is 0 Å². The van der Waals surface area contributed by atoms with Gasteiger partial charge in [-0.15, -0.1) is 0 Å². The Kier molecular flexibility index (Phi) is 2.56. The van der Waals surface area contributed by atoms with Crippen LogP contribution in [0.5, 0.6) is 0 Å². The van der Waals surface area contributed by atoms with Crippen molar-refractivity contribution in [2.75, 3.05) is 20.6 Å². The Bertz CT molecular complexity index is 485. The number of carbonyl (C=O) groups excluding carboxylic acids is 1. The maximum absolute atomic E-state index is 11.8. The number of hydrogen-bond acceptors (Lipinski definition) is 2. The number of nitrogens with zero attached hydrogens (tertiary/aromatic N) is 1. The van der Waals surface area contributed by atoms with E-state index in [1.54, 1.807) is 0 Å². The molecular weight excluding hydrogens is 188 g/mol. The number of ketones is 1. The fourth-order valence-electron chi connectivity index (χ4n) is 1.61. The zero-order chi connectivity index (χ0) is 10.8. The molecule has 0 fully saturated rings. The first-order chi connectivity index (χ1) is 7.16. The van der Waals surface area contributed by atoms with Gasteiger partial charge in [-0.2, -0.15) is 0 Å². The monoisotopic (exact) mass is 202 g/mol. The third kappa shape index (κ3) is 2.07. The van der Waals surface area contributed by atoms with E-state index >= 15 is 0 Å². The van der Waals surface area contributed by atoms with Gasteiger partial charge in [-0.25, -0.2) is 0 Å². The Labute approximate surface area is 88.7 Å². The molecule has 2 aromatic rings. The van der Waals surface area contributed by atoms with Crippen molar-refractivity contribution in [3.8, 4) is 0 Å². The predicted octanol–water partition coefficient (Wildman–Crippen LogP) is 1.91. The number of aromatic amines is 1. The minimum Gasteiger partial charge on any atom is -0.361 e. The summed E-state index contributed by atoms with van der Waals surface area (Å²) in [5.74, 6) is 0.156. The van der Waals surface area contributed by atoms with Crippen LogP contribution in [-0.4, -0.2) is 36.3 Å². The summed E-state index contributed by atoms with van der Waals surface area (Å²) in [5, 5.41) is 1.08. The maximum atomic E-state index is 11.8. The Morgan fingerprint density at radius 3 is 2.87 bits per heavy atom. The number of rotatable bonds is 3. The van der Waals surface area contributed by atoms with Crippen LogP contribution < -0.4 is 0 Å². The van der Waals surface area contributed by atoms with Gasteiger partial charge in [-0.3, -0.25) is 4.79 Å². The molecule has 0 bridgehead atoms. The van der Waals surface area contributed by atoms with Gasteiger partial charge in [0.25, 0.3) is 0 Å². The van der Waals surface area contributed by atoms with E-state index < -0.39 is 0 Å². The number of carbonyl (C=O) groups is 1. The number of Topliss-reactive ketones (excluding diaryl/α,β-unsaturated/α-hetero) is 1. The Hall–Kier alpha value is -1.61. The molecule has 0 saturated heterocycles. The predicted molar refractivity (Wildman–Crippen MR) is 61.2 cm³/mol. The zero-order valence-corrected chi connectivity index (χ0v) is 8.95. The molecule has 1 aromatic carbocycles. The number of hydrogen-bond donors (Lipinski definition) is 1. The van der Waals surface area contributed by atoms with Gasteiger partial charge in [0.2, 0.25) is 0 Å². The summed E-state index contributed by atoms with van der Waals surface area (Å²) in [7, 11) is 3.79. The number of fused-ring (bicyclic) bond motifs is 1. The first-order valence-corrected chi connectivity index (χ1v) is 4.92. The van der Waals surface area contributed by atoms with Crippen molar-refractivity contribution in [2.24, 2.45) is 0 Å². The minimum absolute atomic E-state index is 0.156. The highest BCUT2D eigenvalue weighted by molar-refractivity contribution is 6.00. The third-order valence-corrected chi connectivity index (χ3v) is 2.34. The lowest BCUT2D eigenvalue weighted by atomic mass is 10.1. The highest BCUT2D eigenvalue weighted by Crippen LogP contribution is 2.14. The lowest BCUT2D eigenvalue weighted by Crippen LogP contribution is -2.21. The van der Waals surface area contributed by atoms with Crippen LogP contribution in [0.15, 0.2) is 30.5 Å². The van der Waals surface area contributed by atoms with Gasteiger partial charge in [0, 0.05) is 22.7 Å². The molecule has 2 rings (SSSR count). The van der Waals surface area contributed by atoms with E-state index in [0.29, 0.717) is 6.54 Å². The lowest BCUT2D eigenvalue weighted by molar-refractivity contribution is 0.0958. The Balaban J connectivity index is 2.31. The second kappa shape index (κ2) is 3.87. The minimum atomic E-state index is 0.156. The molecule has 0 aliphatic carbocycles. The van der Waals surface area contributed by atoms with Gasteiger partial charge in [0.05, 0.1) is 6.54 Å². The molecule has 0 spiro atoms. The van der Waals surface area contributed by atoms with Gasteiger partial charge in [0.1, 0.15) is 0 Å². The number of likely N-dealkylation sites (N-methyl/N-ethyl adjacent to an activating group) is 1. The topological polar surface area (TPSA) is 36.1 Å². The molecule has 1 N–H and O–H groups in total. The molecule has 0 aliphatic rings. The van der Waals surface area contributed by atoms with E-state index in [1.807, 2.05) is 49.5 Å². The Morgan fingerprint density at radius 2 is 2.13 bits per heavy atom. The lowest BCUT2D eigenvalue weighted by Gasteiger charge is -2.08. The van der Waals surface area contributed by atoms with Crippen molar-refractivity contribution in [2.45, 2.75) is 0 Å². The standard InChI is InChI=1S/C12H14N2O/c1-14(2)8-12(15)10-3-4-11-9(7-10)5-6-13-11/h3-7,13H,8H2,1-2H3. The van der Waals surface area contributed by atoms with Crippen LogP contribution >= 0.6 is 0 Å². The van der Waals surface area contributed by atoms with Gasteiger partial charge in [0.15, 0.2) is 5.78 Å². The van der Waals surface area contributed by atoms with Gasteiger partial charge in [-0.05, 0) is 38.4 Å². The highest BCUT2D eigenvalue weighted by atomic mass is 16.1. The SMILES string of the molecule is CN(C)CC(=O)c1ccc2[nH]ccc2c1. The highest BCUT2D eigenvalue weighted by Gasteiger charge is 2.07. The first-order valence-electron chi connectivity index (χ1n) is 4.92. The largest absolute Gasteiger partial charge is 0.361 e. The number of benzene rings is 1. The number of aromatic nitrogens is 1. The second-order valence-corrected chi connectivity index (χ2v) is 3.94. The van der Waals surface area contributed by atoms with E-state index in [1.165, 1.54) is 0 Å². The second-order valence-electron chi connectivity index (χ2n) is 3.94. The third-order valence-electron chi connectivity index (χ3n) is 2.34. The molecule has 0 aliphatic heterocycles. The zero-order valence-electron chi connectivity index (χ0n) is 8.95. The van der Waals surface area contributed by atoms with E-state index in [9.17, 15) is 4.79 Å². The van der Waals surface area contributed by atoms with Crippen molar-refractivity contribution in [1.82, 2.24) is 9.88 Å². The van der Waals surface area contributed by atoms with Crippen LogP contribution in [0.3, 0.4) is 0 Å². The van der Waals surface area contributed by atoms with Crippen LogP contribution in [0.1, 0.15) is 10.4 Å². The van der Waals surface area contributed by atoms with Crippen molar-refractivity contribution < 1.29 is 4.79 Å². The van der Waals surface area contributed by atoms with Crippen molar-refractivity contribution in [3.05, 3.63) is 36.0 Å². The van der Waals surface area contributed by atoms with Crippen LogP contribution in [0.4, 0.5) is 0 Å². The van der Waals surface area contributed by atoms with Crippen LogP contribution in [0.25, 0.3) is 10.9 Å². The molecule has 1 heterocycles. The summed E-state index contributed by atoms with van der Waals surface area (Å²) in [6, 6.07) is 7.71. The van der Waals surface area contributed by atoms with E-state index in [-0.39, 0.29) is 5.78 Å². The average Bonchev–Trinajstić information content (AvgIpc) is 2.62. The van der Waals surface area contributed by atoms with Crippen LogP contribution in [0, 0.1) is 0 Å². The molecule has 0 unspecified atom stereocenters. The molecule has 3 nitrogen and oxygen atoms in total. The quantitative estimate of drug-likeness (QED) is 0.772. The molecule has 0 radical (unpaired) electrons.